The van der Waals surface area contributed by atoms with Crippen LogP contribution in [0.4, 0.5) is 0 Å². The van der Waals surface area contributed by atoms with Crippen molar-refractivity contribution < 1.29 is 19.4 Å². The van der Waals surface area contributed by atoms with Crippen molar-refractivity contribution in [3.8, 4) is 0 Å². The second kappa shape index (κ2) is 20.4. The van der Waals surface area contributed by atoms with E-state index in [1.165, 1.54) is 64.2 Å². The van der Waals surface area contributed by atoms with Crippen LogP contribution in [0.2, 0.25) is 0 Å². The van der Waals surface area contributed by atoms with Crippen molar-refractivity contribution in [3.05, 3.63) is 12.2 Å². The largest absolute Gasteiger partial charge is 0.481 e. The quantitative estimate of drug-likeness (QED) is 0.136. The second-order valence-corrected chi connectivity index (χ2v) is 7.83. The summed E-state index contributed by atoms with van der Waals surface area (Å²) >= 11 is 0. The lowest BCUT2D eigenvalue weighted by atomic mass is 9.98. The SMILES string of the molecule is CCCCCCCCCCCC/C=C/CCCC(CC(=O)OCCC)C(=O)O. The van der Waals surface area contributed by atoms with Crippen LogP contribution >= 0.6 is 0 Å². The average molecular weight is 397 g/mol. The third-order valence-corrected chi connectivity index (χ3v) is 5.04. The van der Waals surface area contributed by atoms with Gasteiger partial charge in [0.15, 0.2) is 0 Å². The minimum Gasteiger partial charge on any atom is -0.481 e. The number of ether oxygens (including phenoxy) is 1. The molecule has 0 aliphatic heterocycles. The van der Waals surface area contributed by atoms with Gasteiger partial charge in [0, 0.05) is 0 Å². The molecule has 1 atom stereocenters. The number of carbonyl (C=O) groups excluding carboxylic acids is 1. The molecule has 0 radical (unpaired) electrons. The first-order valence-electron chi connectivity index (χ1n) is 11.6. The number of carboxylic acid groups (broad SMARTS) is 1. The zero-order valence-electron chi connectivity index (χ0n) is 18.4. The van der Waals surface area contributed by atoms with Crippen molar-refractivity contribution >= 4 is 11.9 Å². The molecule has 0 aliphatic carbocycles. The summed E-state index contributed by atoms with van der Waals surface area (Å²) in [5, 5.41) is 9.24. The third kappa shape index (κ3) is 18.1. The van der Waals surface area contributed by atoms with E-state index in [2.05, 4.69) is 19.1 Å². The molecule has 0 saturated heterocycles. The molecule has 4 heteroatoms. The maximum atomic E-state index is 11.6. The Balaban J connectivity index is 3.56. The molecule has 0 amide bonds. The number of esters is 1. The van der Waals surface area contributed by atoms with Gasteiger partial charge in [-0.2, -0.15) is 0 Å². The number of hydrogen-bond acceptors (Lipinski definition) is 3. The fourth-order valence-electron chi connectivity index (χ4n) is 3.26. The Hall–Kier alpha value is -1.32. The Bertz CT molecular complexity index is 403. The number of carbonyl (C=O) groups is 2. The molecule has 0 aliphatic rings. The van der Waals surface area contributed by atoms with Gasteiger partial charge in [-0.25, -0.2) is 0 Å². The van der Waals surface area contributed by atoms with Crippen molar-refractivity contribution in [3.63, 3.8) is 0 Å². The zero-order valence-corrected chi connectivity index (χ0v) is 18.4. The number of aliphatic carboxylic acids is 1. The fraction of sp³-hybridized carbons (Fsp3) is 0.833. The maximum absolute atomic E-state index is 11.6. The maximum Gasteiger partial charge on any atom is 0.307 e. The first-order valence-corrected chi connectivity index (χ1v) is 11.6. The van der Waals surface area contributed by atoms with Crippen LogP contribution in [0.3, 0.4) is 0 Å². The molecule has 0 heterocycles. The van der Waals surface area contributed by atoms with Crippen molar-refractivity contribution in [2.45, 2.75) is 117 Å². The molecule has 0 aromatic carbocycles. The van der Waals surface area contributed by atoms with Crippen LogP contribution < -0.4 is 0 Å². The van der Waals surface area contributed by atoms with Crippen LogP contribution in [0, 0.1) is 5.92 Å². The molecule has 0 spiro atoms. The average Bonchev–Trinajstić information content (AvgIpc) is 2.68. The van der Waals surface area contributed by atoms with Gasteiger partial charge in [0.2, 0.25) is 0 Å². The fourth-order valence-corrected chi connectivity index (χ4v) is 3.26. The highest BCUT2D eigenvalue weighted by atomic mass is 16.5. The van der Waals surface area contributed by atoms with Gasteiger partial charge in [-0.3, -0.25) is 9.59 Å². The second-order valence-electron chi connectivity index (χ2n) is 7.83. The summed E-state index contributed by atoms with van der Waals surface area (Å²) in [5.41, 5.74) is 0. The van der Waals surface area contributed by atoms with Gasteiger partial charge in [-0.15, -0.1) is 0 Å². The summed E-state index contributed by atoms with van der Waals surface area (Å²) in [6.45, 7) is 4.55. The monoisotopic (exact) mass is 396 g/mol. The molecule has 1 N–H and O–H groups in total. The van der Waals surface area contributed by atoms with Gasteiger partial charge in [0.1, 0.15) is 0 Å². The number of allylic oxidation sites excluding steroid dienone is 2. The molecular weight excluding hydrogens is 352 g/mol. The van der Waals surface area contributed by atoms with E-state index in [9.17, 15) is 14.7 Å². The van der Waals surface area contributed by atoms with Crippen molar-refractivity contribution in [1.82, 2.24) is 0 Å². The van der Waals surface area contributed by atoms with Crippen molar-refractivity contribution in [2.75, 3.05) is 6.61 Å². The summed E-state index contributed by atoms with van der Waals surface area (Å²) < 4.78 is 4.98. The highest BCUT2D eigenvalue weighted by molar-refractivity contribution is 5.78. The molecule has 0 aromatic heterocycles. The number of hydrogen-bond donors (Lipinski definition) is 1. The summed E-state index contributed by atoms with van der Waals surface area (Å²) in [5.74, 6) is -1.92. The highest BCUT2D eigenvalue weighted by Crippen LogP contribution is 2.15. The minimum absolute atomic E-state index is 0.0162. The summed E-state index contributed by atoms with van der Waals surface area (Å²) in [4.78, 5) is 22.8. The molecule has 0 saturated carbocycles. The normalized spacial score (nSPS) is 12.4. The van der Waals surface area contributed by atoms with Gasteiger partial charge in [0.05, 0.1) is 18.9 Å². The van der Waals surface area contributed by atoms with Crippen LogP contribution in [-0.2, 0) is 14.3 Å². The topological polar surface area (TPSA) is 63.6 Å². The van der Waals surface area contributed by atoms with E-state index in [-0.39, 0.29) is 6.42 Å². The predicted octanol–water partition coefficient (Wildman–Crippen LogP) is 7.07. The van der Waals surface area contributed by atoms with E-state index in [0.717, 1.165) is 25.7 Å². The van der Waals surface area contributed by atoms with Crippen LogP contribution in [0.5, 0.6) is 0 Å². The Morgan fingerprint density at radius 3 is 1.86 bits per heavy atom. The number of unbranched alkanes of at least 4 members (excludes halogenated alkanes) is 11. The van der Waals surface area contributed by atoms with E-state index < -0.39 is 17.9 Å². The lowest BCUT2D eigenvalue weighted by Crippen LogP contribution is -2.19. The first-order chi connectivity index (χ1) is 13.6. The van der Waals surface area contributed by atoms with E-state index in [1.807, 2.05) is 6.92 Å². The molecule has 0 bridgehead atoms. The zero-order chi connectivity index (χ0) is 20.9. The Morgan fingerprint density at radius 2 is 1.32 bits per heavy atom. The Kier molecular flexibility index (Phi) is 19.5. The lowest BCUT2D eigenvalue weighted by Gasteiger charge is -2.11. The summed E-state index contributed by atoms with van der Waals surface area (Å²) in [6, 6.07) is 0. The van der Waals surface area contributed by atoms with Gasteiger partial charge in [-0.05, 0) is 38.5 Å². The molecule has 4 nitrogen and oxygen atoms in total. The van der Waals surface area contributed by atoms with Crippen LogP contribution in [-0.4, -0.2) is 23.7 Å². The van der Waals surface area contributed by atoms with Gasteiger partial charge < -0.3 is 9.84 Å². The standard InChI is InChI=1S/C24H44O4/c1-3-5-6-7-8-9-10-11-12-13-14-15-16-17-18-19-22(24(26)27)21-23(25)28-20-4-2/h15-16,22H,3-14,17-21H2,1-2H3,(H,26,27)/b16-15+. The molecule has 0 rings (SSSR count). The lowest BCUT2D eigenvalue weighted by molar-refractivity contribution is -0.151. The minimum atomic E-state index is -0.900. The summed E-state index contributed by atoms with van der Waals surface area (Å²) in [7, 11) is 0. The van der Waals surface area contributed by atoms with Crippen LogP contribution in [0.1, 0.15) is 117 Å². The summed E-state index contributed by atoms with van der Waals surface area (Å²) in [6.07, 6.45) is 22.0. The van der Waals surface area contributed by atoms with E-state index >= 15 is 0 Å². The van der Waals surface area contributed by atoms with Crippen LogP contribution in [0.15, 0.2) is 12.2 Å². The van der Waals surface area contributed by atoms with E-state index in [0.29, 0.717) is 13.0 Å². The predicted molar refractivity (Wildman–Crippen MR) is 116 cm³/mol. The smallest absolute Gasteiger partial charge is 0.307 e. The molecule has 28 heavy (non-hydrogen) atoms. The van der Waals surface area contributed by atoms with E-state index in [1.54, 1.807) is 0 Å². The number of carboxylic acids is 1. The molecular formula is C24H44O4. The first kappa shape index (κ1) is 26.7. The van der Waals surface area contributed by atoms with Gasteiger partial charge in [-0.1, -0.05) is 83.8 Å². The Labute approximate surface area is 173 Å². The Morgan fingerprint density at radius 1 is 0.786 bits per heavy atom. The molecule has 0 aromatic rings. The highest BCUT2D eigenvalue weighted by Gasteiger charge is 2.21. The van der Waals surface area contributed by atoms with Gasteiger partial charge >= 0.3 is 11.9 Å². The molecule has 1 unspecified atom stereocenters. The van der Waals surface area contributed by atoms with Gasteiger partial charge in [0.25, 0.3) is 0 Å². The van der Waals surface area contributed by atoms with Crippen molar-refractivity contribution in [2.24, 2.45) is 5.92 Å². The van der Waals surface area contributed by atoms with Crippen LogP contribution in [0.25, 0.3) is 0 Å². The van der Waals surface area contributed by atoms with Crippen molar-refractivity contribution in [1.29, 1.82) is 0 Å². The molecule has 164 valence electrons. The number of rotatable bonds is 20. The third-order valence-electron chi connectivity index (χ3n) is 5.04. The molecule has 0 fully saturated rings. The van der Waals surface area contributed by atoms with E-state index in [4.69, 9.17) is 4.74 Å².